The minimum atomic E-state index is -0.0675. The van der Waals surface area contributed by atoms with Gasteiger partial charge in [-0.3, -0.25) is 4.79 Å². The van der Waals surface area contributed by atoms with Gasteiger partial charge >= 0.3 is 0 Å². The third-order valence-electron chi connectivity index (χ3n) is 3.35. The largest absolute Gasteiger partial charge is 0.352 e. The van der Waals surface area contributed by atoms with Crippen molar-refractivity contribution in [3.05, 3.63) is 0 Å². The maximum absolute atomic E-state index is 11.9. The highest BCUT2D eigenvalue weighted by molar-refractivity contribution is 5.81. The van der Waals surface area contributed by atoms with Crippen LogP contribution in [0.1, 0.15) is 59.3 Å². The predicted octanol–water partition coefficient (Wildman–Crippen LogP) is 2.21. The van der Waals surface area contributed by atoms with Crippen LogP contribution < -0.4 is 10.6 Å². The summed E-state index contributed by atoms with van der Waals surface area (Å²) in [6, 6.07) is 0.787. The Bertz CT molecular complexity index is 212. The van der Waals surface area contributed by atoms with Crippen LogP contribution in [0.5, 0.6) is 0 Å². The Morgan fingerprint density at radius 3 is 2.50 bits per heavy atom. The van der Waals surface area contributed by atoms with Crippen molar-refractivity contribution in [2.75, 3.05) is 0 Å². The van der Waals surface area contributed by atoms with Crippen LogP contribution >= 0.6 is 0 Å². The predicted molar refractivity (Wildman–Crippen MR) is 67.4 cm³/mol. The normalized spacial score (nSPS) is 20.7. The molecule has 0 aromatic heterocycles. The highest BCUT2D eigenvalue weighted by atomic mass is 16.2. The van der Waals surface area contributed by atoms with Gasteiger partial charge in [-0.15, -0.1) is 0 Å². The van der Waals surface area contributed by atoms with E-state index in [2.05, 4.69) is 24.5 Å². The fourth-order valence-corrected chi connectivity index (χ4v) is 2.42. The Kier molecular flexibility index (Phi) is 5.81. The van der Waals surface area contributed by atoms with Gasteiger partial charge in [0.15, 0.2) is 0 Å². The second-order valence-corrected chi connectivity index (χ2v) is 5.07. The standard InChI is InChI=1S/C13H26N2O/c1-4-7-10(2)14-11(3)13(16)15-12-8-5-6-9-12/h10-12,14H,4-9H2,1-3H3,(H,15,16)/t10-,11-/m1/s1. The Morgan fingerprint density at radius 2 is 1.94 bits per heavy atom. The van der Waals surface area contributed by atoms with Gasteiger partial charge in [0.2, 0.25) is 5.91 Å². The van der Waals surface area contributed by atoms with E-state index in [1.807, 2.05) is 6.92 Å². The summed E-state index contributed by atoms with van der Waals surface area (Å²) in [4.78, 5) is 11.9. The molecule has 0 aromatic carbocycles. The summed E-state index contributed by atoms with van der Waals surface area (Å²) in [5.74, 6) is 0.162. The van der Waals surface area contributed by atoms with Crippen LogP contribution in [0.25, 0.3) is 0 Å². The molecule has 0 unspecified atom stereocenters. The summed E-state index contributed by atoms with van der Waals surface area (Å²) >= 11 is 0. The molecular weight excluding hydrogens is 200 g/mol. The van der Waals surface area contributed by atoms with Crippen LogP contribution in [-0.4, -0.2) is 24.0 Å². The van der Waals surface area contributed by atoms with Crippen LogP contribution in [0.4, 0.5) is 0 Å². The van der Waals surface area contributed by atoms with Crippen LogP contribution in [0.2, 0.25) is 0 Å². The number of hydrogen-bond donors (Lipinski definition) is 2. The highest BCUT2D eigenvalue weighted by Gasteiger charge is 2.21. The van der Waals surface area contributed by atoms with E-state index in [1.165, 1.54) is 12.8 Å². The maximum Gasteiger partial charge on any atom is 0.237 e. The van der Waals surface area contributed by atoms with Gasteiger partial charge in [0.1, 0.15) is 0 Å². The lowest BCUT2D eigenvalue weighted by molar-refractivity contribution is -0.123. The molecule has 1 rings (SSSR count). The lowest BCUT2D eigenvalue weighted by atomic mass is 10.1. The van der Waals surface area contributed by atoms with Gasteiger partial charge in [0.25, 0.3) is 0 Å². The second-order valence-electron chi connectivity index (χ2n) is 5.07. The minimum Gasteiger partial charge on any atom is -0.352 e. The van der Waals surface area contributed by atoms with Crippen molar-refractivity contribution in [1.29, 1.82) is 0 Å². The molecule has 1 saturated carbocycles. The highest BCUT2D eigenvalue weighted by Crippen LogP contribution is 2.17. The third kappa shape index (κ3) is 4.52. The van der Waals surface area contributed by atoms with Crippen LogP contribution in [0.15, 0.2) is 0 Å². The van der Waals surface area contributed by atoms with Crippen LogP contribution in [0, 0.1) is 0 Å². The molecule has 1 aliphatic rings. The summed E-state index contributed by atoms with van der Waals surface area (Å²) in [6.07, 6.45) is 7.12. The molecule has 0 radical (unpaired) electrons. The number of nitrogens with one attached hydrogen (secondary N) is 2. The summed E-state index contributed by atoms with van der Waals surface area (Å²) in [5.41, 5.74) is 0. The Balaban J connectivity index is 2.23. The summed E-state index contributed by atoms with van der Waals surface area (Å²) in [7, 11) is 0. The first-order chi connectivity index (χ1) is 7.63. The van der Waals surface area contributed by atoms with Gasteiger partial charge in [-0.25, -0.2) is 0 Å². The quantitative estimate of drug-likeness (QED) is 0.729. The molecule has 1 aliphatic carbocycles. The molecule has 3 heteroatoms. The van der Waals surface area contributed by atoms with Crippen molar-refractivity contribution in [2.45, 2.75) is 77.4 Å². The Morgan fingerprint density at radius 1 is 1.31 bits per heavy atom. The number of amides is 1. The van der Waals surface area contributed by atoms with Gasteiger partial charge in [0, 0.05) is 12.1 Å². The second kappa shape index (κ2) is 6.89. The third-order valence-corrected chi connectivity index (χ3v) is 3.35. The molecule has 1 amide bonds. The molecule has 0 heterocycles. The van der Waals surface area contributed by atoms with Gasteiger partial charge in [-0.05, 0) is 33.1 Å². The SMILES string of the molecule is CCC[C@@H](C)N[C@H](C)C(=O)NC1CCCC1. The minimum absolute atomic E-state index is 0.0675. The summed E-state index contributed by atoms with van der Waals surface area (Å²) < 4.78 is 0. The first kappa shape index (κ1) is 13.5. The van der Waals surface area contributed by atoms with E-state index < -0.39 is 0 Å². The van der Waals surface area contributed by atoms with Crippen LogP contribution in [-0.2, 0) is 4.79 Å². The molecule has 3 nitrogen and oxygen atoms in total. The first-order valence-electron chi connectivity index (χ1n) is 6.70. The monoisotopic (exact) mass is 226 g/mol. The van der Waals surface area contributed by atoms with E-state index in [4.69, 9.17) is 0 Å². The fraction of sp³-hybridized carbons (Fsp3) is 0.923. The zero-order valence-electron chi connectivity index (χ0n) is 10.9. The van der Waals surface area contributed by atoms with Crippen molar-refractivity contribution in [1.82, 2.24) is 10.6 Å². The molecule has 0 aromatic rings. The molecular formula is C13H26N2O. The lowest BCUT2D eigenvalue weighted by Gasteiger charge is -2.21. The molecule has 0 spiro atoms. The van der Waals surface area contributed by atoms with Gasteiger partial charge in [0.05, 0.1) is 6.04 Å². The molecule has 16 heavy (non-hydrogen) atoms. The van der Waals surface area contributed by atoms with Crippen molar-refractivity contribution in [2.24, 2.45) is 0 Å². The van der Waals surface area contributed by atoms with E-state index >= 15 is 0 Å². The number of carbonyl (C=O) groups is 1. The van der Waals surface area contributed by atoms with Gasteiger partial charge in [-0.1, -0.05) is 26.2 Å². The molecule has 2 N–H and O–H groups in total. The van der Waals surface area contributed by atoms with Crippen molar-refractivity contribution in [3.8, 4) is 0 Å². The Labute approximate surface area is 99.4 Å². The van der Waals surface area contributed by atoms with E-state index in [0.717, 1.165) is 25.7 Å². The molecule has 0 aliphatic heterocycles. The zero-order valence-corrected chi connectivity index (χ0v) is 10.9. The van der Waals surface area contributed by atoms with E-state index in [9.17, 15) is 4.79 Å². The van der Waals surface area contributed by atoms with Crippen molar-refractivity contribution >= 4 is 5.91 Å². The molecule has 1 fully saturated rings. The number of hydrogen-bond acceptors (Lipinski definition) is 2. The Hall–Kier alpha value is -0.570. The van der Waals surface area contributed by atoms with E-state index in [-0.39, 0.29) is 11.9 Å². The fourth-order valence-electron chi connectivity index (χ4n) is 2.42. The average Bonchev–Trinajstić information content (AvgIpc) is 2.70. The number of carbonyl (C=O) groups excluding carboxylic acids is 1. The van der Waals surface area contributed by atoms with Gasteiger partial charge in [-0.2, -0.15) is 0 Å². The lowest BCUT2D eigenvalue weighted by Crippen LogP contribution is -2.48. The van der Waals surface area contributed by atoms with Crippen molar-refractivity contribution in [3.63, 3.8) is 0 Å². The molecule has 94 valence electrons. The van der Waals surface area contributed by atoms with Crippen molar-refractivity contribution < 1.29 is 4.79 Å². The topological polar surface area (TPSA) is 41.1 Å². The average molecular weight is 226 g/mol. The molecule has 2 atom stereocenters. The van der Waals surface area contributed by atoms with Crippen LogP contribution in [0.3, 0.4) is 0 Å². The summed E-state index contributed by atoms with van der Waals surface area (Å²) in [6.45, 7) is 6.26. The first-order valence-corrected chi connectivity index (χ1v) is 6.70. The molecule has 0 bridgehead atoms. The van der Waals surface area contributed by atoms with E-state index in [1.54, 1.807) is 0 Å². The zero-order chi connectivity index (χ0) is 12.0. The van der Waals surface area contributed by atoms with Gasteiger partial charge < -0.3 is 10.6 Å². The van der Waals surface area contributed by atoms with E-state index in [0.29, 0.717) is 12.1 Å². The molecule has 0 saturated heterocycles. The maximum atomic E-state index is 11.9. The smallest absolute Gasteiger partial charge is 0.237 e. The summed E-state index contributed by atoms with van der Waals surface area (Å²) in [5, 5.41) is 6.47. The number of rotatable bonds is 6.